The molecule has 2 aromatic rings. The SMILES string of the molecule is CC(C)(C)c1ccc(OCC2CCN(C(=O)c3cscn3)CC2)nn1. The molecule has 3 rings (SSSR count). The number of rotatable bonds is 4. The Kier molecular flexibility index (Phi) is 5.32. The van der Waals surface area contributed by atoms with Crippen LogP contribution in [0.5, 0.6) is 5.88 Å². The van der Waals surface area contributed by atoms with Crippen molar-refractivity contribution in [2.24, 2.45) is 5.92 Å². The van der Waals surface area contributed by atoms with Gasteiger partial charge in [0.05, 0.1) is 17.8 Å². The van der Waals surface area contributed by atoms with Crippen LogP contribution in [0.1, 0.15) is 49.8 Å². The molecule has 134 valence electrons. The molecule has 0 N–H and O–H groups in total. The van der Waals surface area contributed by atoms with Gasteiger partial charge in [0.15, 0.2) is 0 Å². The first-order valence-corrected chi connectivity index (χ1v) is 9.52. The lowest BCUT2D eigenvalue weighted by atomic mass is 9.92. The van der Waals surface area contributed by atoms with Crippen molar-refractivity contribution < 1.29 is 9.53 Å². The van der Waals surface area contributed by atoms with E-state index in [1.54, 1.807) is 10.9 Å². The lowest BCUT2D eigenvalue weighted by Gasteiger charge is -2.31. The van der Waals surface area contributed by atoms with Gasteiger partial charge in [-0.15, -0.1) is 16.4 Å². The van der Waals surface area contributed by atoms with Crippen LogP contribution in [-0.4, -0.2) is 45.7 Å². The maximum absolute atomic E-state index is 12.3. The molecule has 25 heavy (non-hydrogen) atoms. The molecule has 0 atom stereocenters. The Labute approximate surface area is 152 Å². The molecule has 2 aromatic heterocycles. The molecule has 1 aliphatic rings. The van der Waals surface area contributed by atoms with Gasteiger partial charge in [-0.2, -0.15) is 5.10 Å². The van der Waals surface area contributed by atoms with E-state index in [1.165, 1.54) is 11.3 Å². The normalized spacial score (nSPS) is 16.0. The van der Waals surface area contributed by atoms with E-state index in [4.69, 9.17) is 4.74 Å². The van der Waals surface area contributed by atoms with Gasteiger partial charge in [-0.3, -0.25) is 4.79 Å². The minimum atomic E-state index is -0.0117. The Balaban J connectivity index is 1.46. The van der Waals surface area contributed by atoms with E-state index < -0.39 is 0 Å². The fraction of sp³-hybridized carbons (Fsp3) is 0.556. The van der Waals surface area contributed by atoms with Crippen molar-refractivity contribution in [3.05, 3.63) is 34.4 Å². The van der Waals surface area contributed by atoms with E-state index in [-0.39, 0.29) is 11.3 Å². The number of amides is 1. The summed E-state index contributed by atoms with van der Waals surface area (Å²) < 4.78 is 5.79. The van der Waals surface area contributed by atoms with Gasteiger partial charge >= 0.3 is 0 Å². The molecule has 0 unspecified atom stereocenters. The van der Waals surface area contributed by atoms with Gasteiger partial charge in [0.25, 0.3) is 5.91 Å². The molecule has 6 nitrogen and oxygen atoms in total. The lowest BCUT2D eigenvalue weighted by molar-refractivity contribution is 0.0654. The Bertz CT molecular complexity index is 687. The number of carbonyl (C=O) groups excluding carboxylic acids is 1. The highest BCUT2D eigenvalue weighted by molar-refractivity contribution is 7.07. The van der Waals surface area contributed by atoms with Crippen molar-refractivity contribution in [2.45, 2.75) is 39.0 Å². The molecule has 1 amide bonds. The van der Waals surface area contributed by atoms with E-state index in [1.807, 2.05) is 17.0 Å². The molecular weight excluding hydrogens is 336 g/mol. The first-order valence-electron chi connectivity index (χ1n) is 8.58. The first kappa shape index (κ1) is 17.8. The van der Waals surface area contributed by atoms with Crippen molar-refractivity contribution in [2.75, 3.05) is 19.7 Å². The smallest absolute Gasteiger partial charge is 0.273 e. The average molecular weight is 360 g/mol. The van der Waals surface area contributed by atoms with Crippen LogP contribution in [0.3, 0.4) is 0 Å². The second kappa shape index (κ2) is 7.47. The zero-order valence-corrected chi connectivity index (χ0v) is 15.8. The number of carbonyl (C=O) groups is 1. The topological polar surface area (TPSA) is 68.2 Å². The second-order valence-corrected chi connectivity index (χ2v) is 8.15. The number of hydrogen-bond acceptors (Lipinski definition) is 6. The first-order chi connectivity index (χ1) is 11.9. The molecule has 0 bridgehead atoms. The quantitative estimate of drug-likeness (QED) is 0.838. The fourth-order valence-electron chi connectivity index (χ4n) is 2.78. The monoisotopic (exact) mass is 360 g/mol. The zero-order valence-electron chi connectivity index (χ0n) is 14.9. The molecule has 0 radical (unpaired) electrons. The molecule has 0 spiro atoms. The van der Waals surface area contributed by atoms with E-state index >= 15 is 0 Å². The van der Waals surface area contributed by atoms with Crippen molar-refractivity contribution >= 4 is 17.2 Å². The van der Waals surface area contributed by atoms with Crippen LogP contribution < -0.4 is 4.74 Å². The van der Waals surface area contributed by atoms with Gasteiger partial charge in [0, 0.05) is 30.0 Å². The summed E-state index contributed by atoms with van der Waals surface area (Å²) in [5.41, 5.74) is 3.18. The summed E-state index contributed by atoms with van der Waals surface area (Å²) in [6.07, 6.45) is 1.87. The summed E-state index contributed by atoms with van der Waals surface area (Å²) in [5.74, 6) is 1.03. The van der Waals surface area contributed by atoms with Crippen molar-refractivity contribution in [1.29, 1.82) is 0 Å². The maximum atomic E-state index is 12.3. The Morgan fingerprint density at radius 1 is 1.28 bits per heavy atom. The second-order valence-electron chi connectivity index (χ2n) is 7.43. The molecule has 0 aliphatic carbocycles. The van der Waals surface area contributed by atoms with Crippen LogP contribution >= 0.6 is 11.3 Å². The van der Waals surface area contributed by atoms with E-state index in [2.05, 4.69) is 36.0 Å². The number of likely N-dealkylation sites (tertiary alicyclic amines) is 1. The van der Waals surface area contributed by atoms with Crippen LogP contribution in [0.15, 0.2) is 23.0 Å². The van der Waals surface area contributed by atoms with E-state index in [9.17, 15) is 4.79 Å². The minimum Gasteiger partial charge on any atom is -0.476 e. The van der Waals surface area contributed by atoms with Crippen molar-refractivity contribution in [3.63, 3.8) is 0 Å². The summed E-state index contributed by atoms with van der Waals surface area (Å²) in [6, 6.07) is 3.85. The van der Waals surface area contributed by atoms with Crippen molar-refractivity contribution in [3.8, 4) is 5.88 Å². The van der Waals surface area contributed by atoms with Crippen LogP contribution in [0.2, 0.25) is 0 Å². The molecule has 0 aromatic carbocycles. The number of aromatic nitrogens is 3. The third kappa shape index (κ3) is 4.54. The highest BCUT2D eigenvalue weighted by Gasteiger charge is 2.25. The summed E-state index contributed by atoms with van der Waals surface area (Å²) in [6.45, 7) is 8.44. The van der Waals surface area contributed by atoms with E-state index in [0.717, 1.165) is 31.6 Å². The predicted molar refractivity (Wildman–Crippen MR) is 97.0 cm³/mol. The molecule has 1 saturated heterocycles. The summed E-state index contributed by atoms with van der Waals surface area (Å²) in [5, 5.41) is 10.2. The highest BCUT2D eigenvalue weighted by atomic mass is 32.1. The third-order valence-corrected chi connectivity index (χ3v) is 5.02. The number of piperidine rings is 1. The van der Waals surface area contributed by atoms with Crippen molar-refractivity contribution in [1.82, 2.24) is 20.1 Å². The number of thiazole rings is 1. The highest BCUT2D eigenvalue weighted by Crippen LogP contribution is 2.22. The Hall–Kier alpha value is -2.02. The molecule has 3 heterocycles. The fourth-order valence-corrected chi connectivity index (χ4v) is 3.31. The zero-order chi connectivity index (χ0) is 17.9. The van der Waals surface area contributed by atoms with Gasteiger partial charge in [-0.25, -0.2) is 4.98 Å². The molecular formula is C18H24N4O2S. The van der Waals surface area contributed by atoms with Gasteiger partial charge in [-0.05, 0) is 24.8 Å². The van der Waals surface area contributed by atoms with E-state index in [0.29, 0.717) is 24.1 Å². The predicted octanol–water partition coefficient (Wildman–Crippen LogP) is 3.16. The van der Waals surface area contributed by atoms with Gasteiger partial charge in [0.1, 0.15) is 5.69 Å². The average Bonchev–Trinajstić information content (AvgIpc) is 3.14. The largest absolute Gasteiger partial charge is 0.476 e. The Morgan fingerprint density at radius 3 is 2.60 bits per heavy atom. The standard InChI is InChI=1S/C18H24N4O2S/c1-18(2,3)15-4-5-16(21-20-15)24-10-13-6-8-22(9-7-13)17(23)14-11-25-12-19-14/h4-5,11-13H,6-10H2,1-3H3. The molecule has 1 fully saturated rings. The van der Waals surface area contributed by atoms with Crippen LogP contribution in [0, 0.1) is 5.92 Å². The van der Waals surface area contributed by atoms with Gasteiger partial charge < -0.3 is 9.64 Å². The molecule has 1 aliphatic heterocycles. The van der Waals surface area contributed by atoms with Crippen LogP contribution in [0.25, 0.3) is 0 Å². The minimum absolute atomic E-state index is 0.0117. The number of nitrogens with zero attached hydrogens (tertiary/aromatic N) is 4. The van der Waals surface area contributed by atoms with Gasteiger partial charge in [-0.1, -0.05) is 20.8 Å². The lowest BCUT2D eigenvalue weighted by Crippen LogP contribution is -2.39. The summed E-state index contributed by atoms with van der Waals surface area (Å²) >= 11 is 1.45. The molecule has 7 heteroatoms. The molecule has 0 saturated carbocycles. The summed E-state index contributed by atoms with van der Waals surface area (Å²) in [4.78, 5) is 18.3. The Morgan fingerprint density at radius 2 is 2.04 bits per heavy atom. The van der Waals surface area contributed by atoms with Crippen LogP contribution in [-0.2, 0) is 5.41 Å². The van der Waals surface area contributed by atoms with Gasteiger partial charge in [0.2, 0.25) is 5.88 Å². The maximum Gasteiger partial charge on any atom is 0.273 e. The third-order valence-electron chi connectivity index (χ3n) is 4.43. The summed E-state index contributed by atoms with van der Waals surface area (Å²) in [7, 11) is 0. The number of hydrogen-bond donors (Lipinski definition) is 0. The van der Waals surface area contributed by atoms with Crippen LogP contribution in [0.4, 0.5) is 0 Å². The number of ether oxygens (including phenoxy) is 1.